The summed E-state index contributed by atoms with van der Waals surface area (Å²) in [6.45, 7) is 5.87. The van der Waals surface area contributed by atoms with Crippen molar-refractivity contribution in [3.8, 4) is 10.7 Å². The molecule has 0 spiro atoms. The highest BCUT2D eigenvalue weighted by atomic mass is 32.2. The topological polar surface area (TPSA) is 105 Å². The number of nitrogens with one attached hydrogen (secondary N) is 1. The number of piperidine rings is 1. The van der Waals surface area contributed by atoms with Crippen LogP contribution in [0.1, 0.15) is 43.4 Å². The summed E-state index contributed by atoms with van der Waals surface area (Å²) in [5.41, 5.74) is -0.107. The lowest BCUT2D eigenvalue weighted by molar-refractivity contribution is -0.120. The molecule has 182 valence electrons. The first kappa shape index (κ1) is 24.4. The van der Waals surface area contributed by atoms with Crippen LogP contribution in [0.4, 0.5) is 14.5 Å². The molecule has 3 heterocycles. The molecule has 34 heavy (non-hydrogen) atoms. The van der Waals surface area contributed by atoms with Gasteiger partial charge < -0.3 is 9.84 Å². The summed E-state index contributed by atoms with van der Waals surface area (Å²) in [7, 11) is -3.78. The van der Waals surface area contributed by atoms with Gasteiger partial charge in [-0.2, -0.15) is 9.29 Å². The fourth-order valence-electron chi connectivity index (χ4n) is 3.72. The molecule has 1 N–H and O–H groups in total. The molecule has 2 aromatic heterocycles. The van der Waals surface area contributed by atoms with Crippen molar-refractivity contribution in [2.75, 3.05) is 18.4 Å². The second-order valence-electron chi connectivity index (χ2n) is 8.43. The minimum Gasteiger partial charge on any atom is -0.339 e. The molecule has 3 aromatic rings. The summed E-state index contributed by atoms with van der Waals surface area (Å²) in [6.07, 6.45) is 0.568. The van der Waals surface area contributed by atoms with Crippen molar-refractivity contribution >= 4 is 33.0 Å². The minimum atomic E-state index is -3.78. The molecule has 1 aliphatic rings. The van der Waals surface area contributed by atoms with Gasteiger partial charge in [0.25, 0.3) is 0 Å². The molecule has 1 saturated heterocycles. The molecule has 8 nitrogen and oxygen atoms in total. The van der Waals surface area contributed by atoms with Crippen LogP contribution < -0.4 is 5.32 Å². The number of benzene rings is 1. The molecule has 0 unspecified atom stereocenters. The molecule has 1 aliphatic heterocycles. The second-order valence-corrected chi connectivity index (χ2v) is 11.6. The Morgan fingerprint density at radius 3 is 2.56 bits per heavy atom. The van der Waals surface area contributed by atoms with Crippen LogP contribution in [-0.4, -0.2) is 41.9 Å². The Kier molecular flexibility index (Phi) is 6.83. The van der Waals surface area contributed by atoms with Crippen molar-refractivity contribution in [1.29, 1.82) is 0 Å². The number of amides is 1. The number of nitrogens with zero attached hydrogens (tertiary/aromatic N) is 3. The Hall–Kier alpha value is -2.70. The lowest BCUT2D eigenvalue weighted by Crippen LogP contribution is -2.41. The molecule has 0 radical (unpaired) electrons. The van der Waals surface area contributed by atoms with Crippen molar-refractivity contribution in [1.82, 2.24) is 14.4 Å². The van der Waals surface area contributed by atoms with E-state index in [1.165, 1.54) is 15.6 Å². The summed E-state index contributed by atoms with van der Waals surface area (Å²) in [5.74, 6) is -1.62. The van der Waals surface area contributed by atoms with Gasteiger partial charge in [0.15, 0.2) is 0 Å². The highest BCUT2D eigenvalue weighted by Gasteiger charge is 2.34. The summed E-state index contributed by atoms with van der Waals surface area (Å²) in [5, 5.41) is 6.42. The van der Waals surface area contributed by atoms with Gasteiger partial charge in [-0.25, -0.2) is 17.2 Å². The zero-order valence-corrected chi connectivity index (χ0v) is 20.5. The van der Waals surface area contributed by atoms with Crippen LogP contribution in [0.5, 0.6) is 0 Å². The minimum absolute atomic E-state index is 0.0589. The number of halogens is 2. The summed E-state index contributed by atoms with van der Waals surface area (Å²) < 4.78 is 60.1. The van der Waals surface area contributed by atoms with Crippen LogP contribution in [0.15, 0.2) is 33.7 Å². The van der Waals surface area contributed by atoms with Crippen LogP contribution in [0.3, 0.4) is 0 Å². The van der Waals surface area contributed by atoms with E-state index in [-0.39, 0.29) is 42.4 Å². The maximum atomic E-state index is 13.8. The normalized spacial score (nSPS) is 15.7. The standard InChI is InChI=1S/C22H24F2N4O4S2/c1-12(2)22-26-20(27-32-22)18-11-19(13(3)33-18)34(30,31)28-8-6-14(7-9-28)21(29)25-17-5-4-15(23)10-16(17)24/h4-5,10-12,14H,6-9H2,1-3H3,(H,25,29). The van der Waals surface area contributed by atoms with Gasteiger partial charge in [-0.15, -0.1) is 11.3 Å². The molecule has 0 aliphatic carbocycles. The van der Waals surface area contributed by atoms with Gasteiger partial charge in [0.2, 0.25) is 27.6 Å². The zero-order valence-electron chi connectivity index (χ0n) is 18.8. The van der Waals surface area contributed by atoms with E-state index < -0.39 is 33.5 Å². The lowest BCUT2D eigenvalue weighted by Gasteiger charge is -2.30. The highest BCUT2D eigenvalue weighted by Crippen LogP contribution is 2.35. The van der Waals surface area contributed by atoms with E-state index >= 15 is 0 Å². The molecule has 0 bridgehead atoms. The molecule has 1 aromatic carbocycles. The number of thiophene rings is 1. The number of aryl methyl sites for hydroxylation is 1. The van der Waals surface area contributed by atoms with Gasteiger partial charge in [-0.1, -0.05) is 19.0 Å². The van der Waals surface area contributed by atoms with Gasteiger partial charge in [-0.3, -0.25) is 4.79 Å². The van der Waals surface area contributed by atoms with Crippen molar-refractivity contribution in [3.63, 3.8) is 0 Å². The fraction of sp³-hybridized carbons (Fsp3) is 0.409. The van der Waals surface area contributed by atoms with E-state index in [9.17, 15) is 22.0 Å². The molecular formula is C22H24F2N4O4S2. The smallest absolute Gasteiger partial charge is 0.244 e. The third-order valence-corrected chi connectivity index (χ3v) is 8.86. The van der Waals surface area contributed by atoms with Crippen LogP contribution in [-0.2, 0) is 14.8 Å². The van der Waals surface area contributed by atoms with E-state index in [4.69, 9.17) is 4.52 Å². The number of aromatic nitrogens is 2. The predicted octanol–water partition coefficient (Wildman–Crippen LogP) is 4.55. The number of carbonyl (C=O) groups excluding carboxylic acids is 1. The van der Waals surface area contributed by atoms with Gasteiger partial charge in [0.1, 0.15) is 11.6 Å². The third-order valence-electron chi connectivity index (χ3n) is 5.66. The molecule has 0 saturated carbocycles. The summed E-state index contributed by atoms with van der Waals surface area (Å²) >= 11 is 1.28. The monoisotopic (exact) mass is 510 g/mol. The number of anilines is 1. The molecule has 0 atom stereocenters. The second kappa shape index (κ2) is 9.51. The average molecular weight is 511 g/mol. The Bertz CT molecular complexity index is 1310. The lowest BCUT2D eigenvalue weighted by atomic mass is 9.97. The number of hydrogen-bond acceptors (Lipinski definition) is 7. The van der Waals surface area contributed by atoms with Crippen LogP contribution >= 0.6 is 11.3 Å². The first-order valence-electron chi connectivity index (χ1n) is 10.8. The number of sulfonamides is 1. The Balaban J connectivity index is 1.43. The van der Waals surface area contributed by atoms with Crippen molar-refractivity contribution in [2.45, 2.75) is 44.4 Å². The first-order chi connectivity index (χ1) is 16.1. The number of rotatable bonds is 6. The molecule has 1 amide bonds. The van der Waals surface area contributed by atoms with E-state index in [0.29, 0.717) is 27.5 Å². The zero-order chi connectivity index (χ0) is 24.6. The maximum absolute atomic E-state index is 13.8. The van der Waals surface area contributed by atoms with E-state index in [1.807, 2.05) is 13.8 Å². The molecule has 12 heteroatoms. The Labute approximate surface area is 200 Å². The van der Waals surface area contributed by atoms with Crippen LogP contribution in [0, 0.1) is 24.5 Å². The van der Waals surface area contributed by atoms with Gasteiger partial charge >= 0.3 is 0 Å². The SMILES string of the molecule is Cc1sc(-c2noc(C(C)C)n2)cc1S(=O)(=O)N1CCC(C(=O)Nc2ccc(F)cc2F)CC1. The van der Waals surface area contributed by atoms with Crippen LogP contribution in [0.25, 0.3) is 10.7 Å². The average Bonchev–Trinajstić information content (AvgIpc) is 3.43. The largest absolute Gasteiger partial charge is 0.339 e. The Morgan fingerprint density at radius 2 is 1.94 bits per heavy atom. The maximum Gasteiger partial charge on any atom is 0.244 e. The Morgan fingerprint density at radius 1 is 1.24 bits per heavy atom. The van der Waals surface area contributed by atoms with E-state index in [0.717, 1.165) is 12.1 Å². The van der Waals surface area contributed by atoms with Gasteiger partial charge in [0.05, 0.1) is 15.5 Å². The van der Waals surface area contributed by atoms with E-state index in [1.54, 1.807) is 13.0 Å². The van der Waals surface area contributed by atoms with Gasteiger partial charge in [0, 0.05) is 35.9 Å². The van der Waals surface area contributed by atoms with Crippen molar-refractivity contribution < 1.29 is 26.5 Å². The molecule has 1 fully saturated rings. The summed E-state index contributed by atoms with van der Waals surface area (Å²) in [6, 6.07) is 4.47. The first-order valence-corrected chi connectivity index (χ1v) is 13.0. The summed E-state index contributed by atoms with van der Waals surface area (Å²) in [4.78, 5) is 18.3. The molecule has 4 rings (SSSR count). The van der Waals surface area contributed by atoms with Crippen molar-refractivity contribution in [3.05, 3.63) is 46.7 Å². The third kappa shape index (κ3) is 4.89. The van der Waals surface area contributed by atoms with Crippen LogP contribution in [0.2, 0.25) is 0 Å². The quantitative estimate of drug-likeness (QED) is 0.522. The predicted molar refractivity (Wildman–Crippen MR) is 123 cm³/mol. The van der Waals surface area contributed by atoms with Gasteiger partial charge in [-0.05, 0) is 38.0 Å². The highest BCUT2D eigenvalue weighted by molar-refractivity contribution is 7.89. The van der Waals surface area contributed by atoms with Crippen molar-refractivity contribution in [2.24, 2.45) is 5.92 Å². The number of carbonyl (C=O) groups is 1. The number of hydrogen-bond donors (Lipinski definition) is 1. The fourth-order valence-corrected chi connectivity index (χ4v) is 6.68. The van der Waals surface area contributed by atoms with E-state index in [2.05, 4.69) is 15.5 Å². The molecular weight excluding hydrogens is 486 g/mol.